The van der Waals surface area contributed by atoms with Crippen molar-refractivity contribution in [1.29, 1.82) is 0 Å². The van der Waals surface area contributed by atoms with Crippen LogP contribution in [0.4, 0.5) is 22.0 Å². The monoisotopic (exact) mass is 242 g/mol. The predicted octanol–water partition coefficient (Wildman–Crippen LogP) is 2.56. The Hall–Kier alpha value is -1.86. The molecule has 0 aliphatic heterocycles. The van der Waals surface area contributed by atoms with E-state index in [2.05, 4.69) is 4.74 Å². The van der Waals surface area contributed by atoms with E-state index in [0.717, 1.165) is 0 Å². The molecule has 8 heteroatoms. The molecule has 0 unspecified atom stereocenters. The van der Waals surface area contributed by atoms with Crippen molar-refractivity contribution in [3.8, 4) is 5.75 Å². The second-order valence-electron chi connectivity index (χ2n) is 2.59. The molecule has 0 aliphatic rings. The number of ether oxygens (including phenoxy) is 1. The standard InChI is InChI=1S/C8H3F5O3/c9-3-1-2-4(16-8(11,12)13)5(6(3)10)7(14)15/h1-2H,(H,14,15). The lowest BCUT2D eigenvalue weighted by atomic mass is 10.2. The van der Waals surface area contributed by atoms with Gasteiger partial charge in [0.15, 0.2) is 11.6 Å². The number of hydrogen-bond acceptors (Lipinski definition) is 2. The molecule has 0 fully saturated rings. The highest BCUT2D eigenvalue weighted by Crippen LogP contribution is 2.29. The van der Waals surface area contributed by atoms with Crippen LogP contribution in [0.25, 0.3) is 0 Å². The van der Waals surface area contributed by atoms with Crippen LogP contribution in [-0.2, 0) is 0 Å². The highest BCUT2D eigenvalue weighted by atomic mass is 19.4. The van der Waals surface area contributed by atoms with Crippen molar-refractivity contribution in [2.45, 2.75) is 6.36 Å². The summed E-state index contributed by atoms with van der Waals surface area (Å²) in [6.07, 6.45) is -5.19. The Balaban J connectivity index is 3.29. The summed E-state index contributed by atoms with van der Waals surface area (Å²) in [5.41, 5.74) is -1.50. The minimum Gasteiger partial charge on any atom is -0.477 e. The number of benzene rings is 1. The topological polar surface area (TPSA) is 46.5 Å². The molecule has 88 valence electrons. The molecule has 1 aromatic rings. The van der Waals surface area contributed by atoms with E-state index >= 15 is 0 Å². The van der Waals surface area contributed by atoms with Crippen molar-refractivity contribution in [3.05, 3.63) is 29.3 Å². The van der Waals surface area contributed by atoms with E-state index in [4.69, 9.17) is 5.11 Å². The first kappa shape index (κ1) is 12.2. The first-order valence-corrected chi connectivity index (χ1v) is 3.69. The number of hydrogen-bond donors (Lipinski definition) is 1. The molecule has 0 spiro atoms. The van der Waals surface area contributed by atoms with Gasteiger partial charge < -0.3 is 9.84 Å². The Kier molecular flexibility index (Phi) is 3.02. The van der Waals surface area contributed by atoms with Crippen molar-refractivity contribution >= 4 is 5.97 Å². The first-order valence-electron chi connectivity index (χ1n) is 3.69. The van der Waals surface area contributed by atoms with Gasteiger partial charge in [-0.2, -0.15) is 0 Å². The molecule has 1 rings (SSSR count). The van der Waals surface area contributed by atoms with Gasteiger partial charge in [-0.15, -0.1) is 13.2 Å². The van der Waals surface area contributed by atoms with Gasteiger partial charge in [-0.1, -0.05) is 0 Å². The fourth-order valence-electron chi connectivity index (χ4n) is 0.942. The number of rotatable bonds is 2. The molecule has 0 atom stereocenters. The van der Waals surface area contributed by atoms with E-state index < -0.39 is 35.3 Å². The summed E-state index contributed by atoms with van der Waals surface area (Å²) in [5.74, 6) is -6.85. The van der Waals surface area contributed by atoms with E-state index in [1.807, 2.05) is 0 Å². The Morgan fingerprint density at radius 3 is 2.25 bits per heavy atom. The lowest BCUT2D eigenvalue weighted by molar-refractivity contribution is -0.274. The smallest absolute Gasteiger partial charge is 0.477 e. The number of halogens is 5. The summed E-state index contributed by atoms with van der Waals surface area (Å²) in [5, 5.41) is 8.41. The van der Waals surface area contributed by atoms with Crippen LogP contribution < -0.4 is 4.74 Å². The molecule has 1 N–H and O–H groups in total. The van der Waals surface area contributed by atoms with Gasteiger partial charge in [-0.05, 0) is 12.1 Å². The minimum absolute atomic E-state index is 0.336. The van der Waals surface area contributed by atoms with E-state index in [9.17, 15) is 26.7 Å². The molecule has 0 radical (unpaired) electrons. The zero-order valence-corrected chi connectivity index (χ0v) is 7.31. The van der Waals surface area contributed by atoms with Crippen LogP contribution in [0.3, 0.4) is 0 Å². The second kappa shape index (κ2) is 3.95. The number of carboxylic acid groups (broad SMARTS) is 1. The lowest BCUT2D eigenvalue weighted by Gasteiger charge is -2.11. The van der Waals surface area contributed by atoms with Crippen LogP contribution in [-0.4, -0.2) is 17.4 Å². The average Bonchev–Trinajstić information content (AvgIpc) is 2.08. The quantitative estimate of drug-likeness (QED) is 0.810. The van der Waals surface area contributed by atoms with Crippen LogP contribution >= 0.6 is 0 Å². The maximum atomic E-state index is 12.9. The van der Waals surface area contributed by atoms with Crippen molar-refractivity contribution in [2.24, 2.45) is 0 Å². The van der Waals surface area contributed by atoms with Crippen molar-refractivity contribution in [1.82, 2.24) is 0 Å². The molecule has 0 bridgehead atoms. The molecule has 0 aromatic heterocycles. The van der Waals surface area contributed by atoms with Gasteiger partial charge in [0, 0.05) is 0 Å². The summed E-state index contributed by atoms with van der Waals surface area (Å²) in [6.45, 7) is 0. The Bertz CT molecular complexity index is 426. The number of alkyl halides is 3. The third kappa shape index (κ3) is 2.59. The first-order chi connectivity index (χ1) is 7.22. The Morgan fingerprint density at radius 2 is 1.81 bits per heavy atom. The van der Waals surface area contributed by atoms with Gasteiger partial charge in [-0.25, -0.2) is 13.6 Å². The SMILES string of the molecule is O=C(O)c1c(OC(F)(F)F)ccc(F)c1F. The van der Waals surface area contributed by atoms with E-state index in [0.29, 0.717) is 12.1 Å². The summed E-state index contributed by atoms with van der Waals surface area (Å²) >= 11 is 0. The third-order valence-corrected chi connectivity index (χ3v) is 1.50. The molecule has 0 heterocycles. The van der Waals surface area contributed by atoms with Gasteiger partial charge in [-0.3, -0.25) is 0 Å². The molecular weight excluding hydrogens is 239 g/mol. The summed E-state index contributed by atoms with van der Waals surface area (Å²) in [7, 11) is 0. The summed E-state index contributed by atoms with van der Waals surface area (Å²) in [6, 6.07) is 0.720. The van der Waals surface area contributed by atoms with Gasteiger partial charge in [0.2, 0.25) is 0 Å². The number of carboxylic acids is 1. The largest absolute Gasteiger partial charge is 0.573 e. The third-order valence-electron chi connectivity index (χ3n) is 1.50. The van der Waals surface area contributed by atoms with E-state index in [1.54, 1.807) is 0 Å². The van der Waals surface area contributed by atoms with Gasteiger partial charge in [0.05, 0.1) is 0 Å². The van der Waals surface area contributed by atoms with E-state index in [1.165, 1.54) is 0 Å². The van der Waals surface area contributed by atoms with Crippen molar-refractivity contribution in [2.75, 3.05) is 0 Å². The van der Waals surface area contributed by atoms with Crippen LogP contribution in [0.2, 0.25) is 0 Å². The molecule has 16 heavy (non-hydrogen) atoms. The van der Waals surface area contributed by atoms with Crippen LogP contribution in [0.5, 0.6) is 5.75 Å². The van der Waals surface area contributed by atoms with E-state index in [-0.39, 0.29) is 0 Å². The molecule has 3 nitrogen and oxygen atoms in total. The predicted molar refractivity (Wildman–Crippen MR) is 40.0 cm³/mol. The molecule has 0 amide bonds. The van der Waals surface area contributed by atoms with Crippen LogP contribution in [0.1, 0.15) is 10.4 Å². The maximum absolute atomic E-state index is 12.9. The van der Waals surface area contributed by atoms with Crippen molar-refractivity contribution in [3.63, 3.8) is 0 Å². The van der Waals surface area contributed by atoms with Crippen LogP contribution in [0.15, 0.2) is 12.1 Å². The zero-order chi connectivity index (χ0) is 12.5. The van der Waals surface area contributed by atoms with Gasteiger partial charge >= 0.3 is 12.3 Å². The number of aromatic carboxylic acids is 1. The Labute approximate surface area is 85.1 Å². The summed E-state index contributed by atoms with van der Waals surface area (Å²) < 4.78 is 64.1. The molecule has 0 saturated heterocycles. The molecule has 1 aromatic carbocycles. The lowest BCUT2D eigenvalue weighted by Crippen LogP contribution is -2.20. The zero-order valence-electron chi connectivity index (χ0n) is 7.31. The normalized spacial score (nSPS) is 11.3. The van der Waals surface area contributed by atoms with Gasteiger partial charge in [0.1, 0.15) is 11.3 Å². The molecular formula is C8H3F5O3. The minimum atomic E-state index is -5.19. The highest BCUT2D eigenvalue weighted by Gasteiger charge is 2.34. The highest BCUT2D eigenvalue weighted by molar-refractivity contribution is 5.91. The van der Waals surface area contributed by atoms with Gasteiger partial charge in [0.25, 0.3) is 0 Å². The molecule has 0 aliphatic carbocycles. The fraction of sp³-hybridized carbons (Fsp3) is 0.125. The van der Waals surface area contributed by atoms with Crippen molar-refractivity contribution < 1.29 is 36.6 Å². The number of carbonyl (C=O) groups is 1. The fourth-order valence-corrected chi connectivity index (χ4v) is 0.942. The second-order valence-corrected chi connectivity index (χ2v) is 2.59. The average molecular weight is 242 g/mol. The molecule has 0 saturated carbocycles. The summed E-state index contributed by atoms with van der Waals surface area (Å²) in [4.78, 5) is 10.4. The Morgan fingerprint density at radius 1 is 1.25 bits per heavy atom. The van der Waals surface area contributed by atoms with Crippen LogP contribution in [0, 0.1) is 11.6 Å². The maximum Gasteiger partial charge on any atom is 0.573 e.